The van der Waals surface area contributed by atoms with Crippen LogP contribution in [-0.4, -0.2) is 80.5 Å². The summed E-state index contributed by atoms with van der Waals surface area (Å²) in [6.07, 6.45) is 7.84. The van der Waals surface area contributed by atoms with Gasteiger partial charge in [0.2, 0.25) is 21.8 Å². The van der Waals surface area contributed by atoms with E-state index in [1.807, 2.05) is 4.90 Å². The maximum Gasteiger partial charge on any atom is 0.245 e. The standard InChI is InChI=1S/C18H32N4O4S/c1-19-12-16(23)20-17(13-6-4-3-5-7-13)18(24)21-10-8-15-14(21)9-11-22(15)27(2,25)26/h13-15,17,19H,3-12H2,1-2H3,(H,20,23). The highest BCUT2D eigenvalue weighted by Crippen LogP contribution is 2.35. The van der Waals surface area contributed by atoms with Gasteiger partial charge >= 0.3 is 0 Å². The van der Waals surface area contributed by atoms with Crippen molar-refractivity contribution in [3.8, 4) is 0 Å². The van der Waals surface area contributed by atoms with E-state index in [-0.39, 0.29) is 36.4 Å². The highest BCUT2D eigenvalue weighted by atomic mass is 32.2. The van der Waals surface area contributed by atoms with Gasteiger partial charge in [0.05, 0.1) is 12.8 Å². The molecule has 3 rings (SSSR count). The Labute approximate surface area is 162 Å². The van der Waals surface area contributed by atoms with Crippen LogP contribution in [0.15, 0.2) is 0 Å². The Morgan fingerprint density at radius 1 is 1.04 bits per heavy atom. The van der Waals surface area contributed by atoms with Crippen molar-refractivity contribution >= 4 is 21.8 Å². The van der Waals surface area contributed by atoms with Crippen molar-refractivity contribution < 1.29 is 18.0 Å². The predicted molar refractivity (Wildman–Crippen MR) is 103 cm³/mol. The highest BCUT2D eigenvalue weighted by Gasteiger charge is 2.49. The van der Waals surface area contributed by atoms with Crippen molar-refractivity contribution in [2.24, 2.45) is 5.92 Å². The Morgan fingerprint density at radius 3 is 2.33 bits per heavy atom. The van der Waals surface area contributed by atoms with Gasteiger partial charge in [0.15, 0.2) is 0 Å². The summed E-state index contributed by atoms with van der Waals surface area (Å²) in [5.41, 5.74) is 0. The molecule has 2 aliphatic heterocycles. The Bertz CT molecular complexity index is 662. The van der Waals surface area contributed by atoms with Crippen LogP contribution >= 0.6 is 0 Å². The monoisotopic (exact) mass is 400 g/mol. The minimum absolute atomic E-state index is 0.0331. The topological polar surface area (TPSA) is 98.8 Å². The minimum atomic E-state index is -3.26. The number of rotatable bonds is 6. The second kappa shape index (κ2) is 8.45. The summed E-state index contributed by atoms with van der Waals surface area (Å²) in [5.74, 6) is -0.0333. The molecule has 1 saturated carbocycles. The molecule has 0 spiro atoms. The van der Waals surface area contributed by atoms with Crippen LogP contribution in [0.25, 0.3) is 0 Å². The third kappa shape index (κ3) is 4.46. The van der Waals surface area contributed by atoms with Crippen molar-refractivity contribution in [3.05, 3.63) is 0 Å². The zero-order valence-corrected chi connectivity index (χ0v) is 17.1. The number of likely N-dealkylation sites (N-methyl/N-ethyl adjacent to an activating group) is 1. The lowest BCUT2D eigenvalue weighted by molar-refractivity contribution is -0.139. The number of nitrogens with zero attached hydrogens (tertiary/aromatic N) is 2. The van der Waals surface area contributed by atoms with Crippen molar-refractivity contribution in [1.82, 2.24) is 19.8 Å². The molecule has 2 N–H and O–H groups in total. The number of hydrogen-bond acceptors (Lipinski definition) is 5. The Balaban J connectivity index is 1.74. The number of hydrogen-bond donors (Lipinski definition) is 2. The van der Waals surface area contributed by atoms with Crippen LogP contribution in [0.1, 0.15) is 44.9 Å². The van der Waals surface area contributed by atoms with Gasteiger partial charge in [-0.25, -0.2) is 8.42 Å². The fourth-order valence-corrected chi connectivity index (χ4v) is 6.22. The summed E-state index contributed by atoms with van der Waals surface area (Å²) in [6, 6.07) is -0.694. The second-order valence-corrected chi connectivity index (χ2v) is 10.0. The number of carbonyl (C=O) groups excluding carboxylic acids is 2. The fraction of sp³-hybridized carbons (Fsp3) is 0.889. The van der Waals surface area contributed by atoms with Gasteiger partial charge in [-0.15, -0.1) is 0 Å². The molecule has 3 atom stereocenters. The molecule has 0 radical (unpaired) electrons. The zero-order valence-electron chi connectivity index (χ0n) is 16.3. The summed E-state index contributed by atoms with van der Waals surface area (Å²) < 4.78 is 25.6. The second-order valence-electron chi connectivity index (χ2n) is 8.09. The van der Waals surface area contributed by atoms with Gasteiger partial charge in [0, 0.05) is 25.2 Å². The van der Waals surface area contributed by atoms with Crippen molar-refractivity contribution in [1.29, 1.82) is 0 Å². The van der Waals surface area contributed by atoms with Gasteiger partial charge < -0.3 is 15.5 Å². The molecule has 3 fully saturated rings. The Hall–Kier alpha value is -1.19. The van der Waals surface area contributed by atoms with Crippen molar-refractivity contribution in [2.75, 3.05) is 32.9 Å². The van der Waals surface area contributed by atoms with Gasteiger partial charge in [-0.1, -0.05) is 19.3 Å². The molecule has 3 unspecified atom stereocenters. The molecule has 0 aromatic rings. The van der Waals surface area contributed by atoms with E-state index in [4.69, 9.17) is 0 Å². The smallest absolute Gasteiger partial charge is 0.245 e. The first-order chi connectivity index (χ1) is 12.8. The molecule has 1 aliphatic carbocycles. The summed E-state index contributed by atoms with van der Waals surface area (Å²) in [6.45, 7) is 1.22. The molecule has 0 aromatic heterocycles. The van der Waals surface area contributed by atoms with Crippen molar-refractivity contribution in [2.45, 2.75) is 63.1 Å². The first kappa shape index (κ1) is 20.5. The number of fused-ring (bicyclic) bond motifs is 1. The summed E-state index contributed by atoms with van der Waals surface area (Å²) in [5, 5.41) is 5.79. The van der Waals surface area contributed by atoms with E-state index in [1.54, 1.807) is 11.4 Å². The lowest BCUT2D eigenvalue weighted by atomic mass is 9.83. The molecule has 2 amide bonds. The highest BCUT2D eigenvalue weighted by molar-refractivity contribution is 7.88. The summed E-state index contributed by atoms with van der Waals surface area (Å²) in [4.78, 5) is 27.4. The van der Waals surface area contributed by atoms with Crippen LogP contribution < -0.4 is 10.6 Å². The number of sulfonamides is 1. The first-order valence-electron chi connectivity index (χ1n) is 10.0. The lowest BCUT2D eigenvalue weighted by Gasteiger charge is -2.34. The number of amides is 2. The van der Waals surface area contributed by atoms with Gasteiger partial charge in [-0.3, -0.25) is 9.59 Å². The van der Waals surface area contributed by atoms with E-state index in [2.05, 4.69) is 10.6 Å². The van der Waals surface area contributed by atoms with Crippen molar-refractivity contribution in [3.63, 3.8) is 0 Å². The summed E-state index contributed by atoms with van der Waals surface area (Å²) >= 11 is 0. The molecule has 27 heavy (non-hydrogen) atoms. The molecule has 2 heterocycles. The van der Waals surface area contributed by atoms with Gasteiger partial charge in [0.25, 0.3) is 0 Å². The molecule has 8 nitrogen and oxygen atoms in total. The maximum atomic E-state index is 13.4. The van der Waals surface area contributed by atoms with E-state index in [0.29, 0.717) is 25.9 Å². The number of carbonyl (C=O) groups is 2. The predicted octanol–water partition coefficient (Wildman–Crippen LogP) is -0.0943. The van der Waals surface area contributed by atoms with Crippen LogP contribution in [-0.2, 0) is 19.6 Å². The average Bonchev–Trinajstić information content (AvgIpc) is 3.21. The van der Waals surface area contributed by atoms with Crippen LogP contribution in [0.4, 0.5) is 0 Å². The van der Waals surface area contributed by atoms with E-state index >= 15 is 0 Å². The quantitative estimate of drug-likeness (QED) is 0.649. The molecular weight excluding hydrogens is 368 g/mol. The van der Waals surface area contributed by atoms with Gasteiger partial charge in [-0.05, 0) is 38.6 Å². The number of nitrogens with one attached hydrogen (secondary N) is 2. The molecule has 154 valence electrons. The molecule has 3 aliphatic rings. The molecule has 9 heteroatoms. The third-order valence-electron chi connectivity index (χ3n) is 6.28. The van der Waals surface area contributed by atoms with Crippen LogP contribution in [0.3, 0.4) is 0 Å². The fourth-order valence-electron chi connectivity index (χ4n) is 5.04. The van der Waals surface area contributed by atoms with E-state index in [0.717, 1.165) is 25.7 Å². The van der Waals surface area contributed by atoms with Gasteiger partial charge in [0.1, 0.15) is 6.04 Å². The van der Waals surface area contributed by atoms with E-state index in [1.165, 1.54) is 12.7 Å². The Morgan fingerprint density at radius 2 is 1.70 bits per heavy atom. The van der Waals surface area contributed by atoms with E-state index < -0.39 is 16.1 Å². The third-order valence-corrected chi connectivity index (χ3v) is 7.58. The molecule has 0 bridgehead atoms. The lowest BCUT2D eigenvalue weighted by Crippen LogP contribution is -2.55. The maximum absolute atomic E-state index is 13.4. The SMILES string of the molecule is CNCC(=O)NC(C(=O)N1CCC2C1CCN2S(C)(=O)=O)C1CCCCC1. The van der Waals surface area contributed by atoms with Gasteiger partial charge in [-0.2, -0.15) is 4.31 Å². The molecule has 0 aromatic carbocycles. The molecule has 2 saturated heterocycles. The minimum Gasteiger partial charge on any atom is -0.343 e. The van der Waals surface area contributed by atoms with Crippen LogP contribution in [0.2, 0.25) is 0 Å². The molecular formula is C18H32N4O4S. The van der Waals surface area contributed by atoms with E-state index in [9.17, 15) is 18.0 Å². The van der Waals surface area contributed by atoms with Crippen LogP contribution in [0.5, 0.6) is 0 Å². The summed E-state index contributed by atoms with van der Waals surface area (Å²) in [7, 11) is -1.55. The number of likely N-dealkylation sites (tertiary alicyclic amines) is 1. The first-order valence-corrected chi connectivity index (χ1v) is 11.9. The largest absolute Gasteiger partial charge is 0.343 e. The van der Waals surface area contributed by atoms with Crippen LogP contribution in [0, 0.1) is 5.92 Å². The Kier molecular flexibility index (Phi) is 6.43. The normalized spacial score (nSPS) is 28.1. The average molecular weight is 401 g/mol. The zero-order chi connectivity index (χ0) is 19.6.